The normalized spacial score (nSPS) is 10.0. The predicted molar refractivity (Wildman–Crippen MR) is 48.9 cm³/mol. The van der Waals surface area contributed by atoms with Crippen molar-refractivity contribution < 1.29 is 9.31 Å². The van der Waals surface area contributed by atoms with Gasteiger partial charge in [-0.05, 0) is 12.8 Å². The van der Waals surface area contributed by atoms with Crippen molar-refractivity contribution in [3.63, 3.8) is 0 Å². The first kappa shape index (κ1) is 11.0. The Balaban J connectivity index is 2.69. The fourth-order valence-corrected chi connectivity index (χ4v) is 0.670. The molecule has 0 aliphatic rings. The van der Waals surface area contributed by atoms with Crippen molar-refractivity contribution in [1.82, 2.24) is 0 Å². The summed E-state index contributed by atoms with van der Waals surface area (Å²) >= 11 is 0. The molecule has 0 bridgehead atoms. The smallest absolute Gasteiger partial charge is 0.414 e. The van der Waals surface area contributed by atoms with Gasteiger partial charge in [0.1, 0.15) is 0 Å². The Bertz CT molecular complexity index is 61.1. The zero-order valence-electron chi connectivity index (χ0n) is 7.77. The van der Waals surface area contributed by atoms with Gasteiger partial charge in [0.2, 0.25) is 0 Å². The van der Waals surface area contributed by atoms with Crippen LogP contribution in [0.1, 0.15) is 39.5 Å². The molecule has 0 amide bonds. The Morgan fingerprint density at radius 2 is 1.36 bits per heavy atom. The van der Waals surface area contributed by atoms with E-state index in [1.807, 2.05) is 0 Å². The summed E-state index contributed by atoms with van der Waals surface area (Å²) in [4.78, 5) is 0. The molecule has 0 radical (unpaired) electrons. The molecule has 0 heterocycles. The quantitative estimate of drug-likeness (QED) is 0.396. The summed E-state index contributed by atoms with van der Waals surface area (Å²) in [5, 5.41) is 0. The van der Waals surface area contributed by atoms with Gasteiger partial charge in [-0.2, -0.15) is 0 Å². The molecule has 0 N–H and O–H groups in total. The lowest BCUT2D eigenvalue weighted by Gasteiger charge is -2.01. The standard InChI is InChI=1S/C8H19BO2/c1-3-5-7-10-9-11-8-6-4-2/h9H,3-8H2,1-2H3. The highest BCUT2D eigenvalue weighted by Crippen LogP contribution is 1.89. The summed E-state index contributed by atoms with van der Waals surface area (Å²) in [7, 11) is 0.472. The zero-order valence-corrected chi connectivity index (χ0v) is 7.77. The fourth-order valence-electron chi connectivity index (χ4n) is 0.670. The molecule has 0 fully saturated rings. The van der Waals surface area contributed by atoms with E-state index in [4.69, 9.17) is 9.31 Å². The van der Waals surface area contributed by atoms with Crippen molar-refractivity contribution in [2.75, 3.05) is 13.2 Å². The van der Waals surface area contributed by atoms with Crippen molar-refractivity contribution in [1.29, 1.82) is 0 Å². The van der Waals surface area contributed by atoms with Gasteiger partial charge in [0.15, 0.2) is 0 Å². The van der Waals surface area contributed by atoms with Crippen molar-refractivity contribution >= 4 is 7.69 Å². The Kier molecular flexibility index (Phi) is 9.97. The second-order valence-corrected chi connectivity index (χ2v) is 2.64. The number of hydrogen-bond acceptors (Lipinski definition) is 2. The van der Waals surface area contributed by atoms with Crippen LogP contribution in [0.15, 0.2) is 0 Å². The molecule has 66 valence electrons. The first-order valence-corrected chi connectivity index (χ1v) is 4.57. The summed E-state index contributed by atoms with van der Waals surface area (Å²) in [5.74, 6) is 0. The molecule has 0 aliphatic heterocycles. The summed E-state index contributed by atoms with van der Waals surface area (Å²) < 4.78 is 10.4. The minimum atomic E-state index is 0.472. The van der Waals surface area contributed by atoms with Crippen LogP contribution in [-0.2, 0) is 9.31 Å². The molecule has 0 atom stereocenters. The van der Waals surface area contributed by atoms with E-state index >= 15 is 0 Å². The number of unbranched alkanes of at least 4 members (excludes halogenated alkanes) is 2. The zero-order chi connectivity index (χ0) is 8.36. The average molecular weight is 158 g/mol. The number of hydrogen-bond donors (Lipinski definition) is 0. The Morgan fingerprint density at radius 3 is 1.73 bits per heavy atom. The number of rotatable bonds is 8. The van der Waals surface area contributed by atoms with E-state index in [0.717, 1.165) is 26.1 Å². The lowest BCUT2D eigenvalue weighted by Crippen LogP contribution is -2.06. The summed E-state index contributed by atoms with van der Waals surface area (Å²) in [6.07, 6.45) is 4.65. The Morgan fingerprint density at radius 1 is 0.909 bits per heavy atom. The lowest BCUT2D eigenvalue weighted by atomic mass is 10.3. The van der Waals surface area contributed by atoms with Crippen LogP contribution in [0.4, 0.5) is 0 Å². The van der Waals surface area contributed by atoms with Crippen LogP contribution in [0.3, 0.4) is 0 Å². The van der Waals surface area contributed by atoms with Crippen LogP contribution in [-0.4, -0.2) is 20.9 Å². The van der Waals surface area contributed by atoms with Crippen molar-refractivity contribution in [3.8, 4) is 0 Å². The summed E-state index contributed by atoms with van der Waals surface area (Å²) in [6, 6.07) is 0. The maximum Gasteiger partial charge on any atom is 0.438 e. The molecule has 11 heavy (non-hydrogen) atoms. The van der Waals surface area contributed by atoms with Gasteiger partial charge in [0.05, 0.1) is 0 Å². The van der Waals surface area contributed by atoms with Crippen LogP contribution in [0, 0.1) is 0 Å². The average Bonchev–Trinajstić information content (AvgIpc) is 2.03. The van der Waals surface area contributed by atoms with E-state index in [-0.39, 0.29) is 0 Å². The highest BCUT2D eigenvalue weighted by Gasteiger charge is 1.91. The first-order chi connectivity index (χ1) is 5.41. The van der Waals surface area contributed by atoms with E-state index in [1.165, 1.54) is 12.8 Å². The molecule has 3 heteroatoms. The van der Waals surface area contributed by atoms with Crippen LogP contribution >= 0.6 is 0 Å². The molecule has 2 nitrogen and oxygen atoms in total. The van der Waals surface area contributed by atoms with Crippen LogP contribution in [0.5, 0.6) is 0 Å². The second-order valence-electron chi connectivity index (χ2n) is 2.64. The topological polar surface area (TPSA) is 18.5 Å². The minimum absolute atomic E-state index is 0.472. The SMILES string of the molecule is CCCCOBOCCCC. The van der Waals surface area contributed by atoms with Gasteiger partial charge in [-0.1, -0.05) is 26.7 Å². The van der Waals surface area contributed by atoms with Gasteiger partial charge < -0.3 is 9.31 Å². The molecular weight excluding hydrogens is 139 g/mol. The molecule has 0 aromatic heterocycles. The first-order valence-electron chi connectivity index (χ1n) is 4.57. The lowest BCUT2D eigenvalue weighted by molar-refractivity contribution is 0.216. The monoisotopic (exact) mass is 158 g/mol. The van der Waals surface area contributed by atoms with Gasteiger partial charge in [0.25, 0.3) is 0 Å². The third-order valence-electron chi connectivity index (χ3n) is 1.45. The predicted octanol–water partition coefficient (Wildman–Crippen LogP) is 1.89. The fraction of sp³-hybridized carbons (Fsp3) is 1.00. The van der Waals surface area contributed by atoms with Crippen molar-refractivity contribution in [3.05, 3.63) is 0 Å². The van der Waals surface area contributed by atoms with Gasteiger partial charge in [-0.25, -0.2) is 0 Å². The maximum absolute atomic E-state index is 5.20. The molecule has 0 rings (SSSR count). The minimum Gasteiger partial charge on any atom is -0.414 e. The highest BCUT2D eigenvalue weighted by molar-refractivity contribution is 6.17. The van der Waals surface area contributed by atoms with E-state index in [2.05, 4.69) is 13.8 Å². The van der Waals surface area contributed by atoms with Crippen LogP contribution in [0.25, 0.3) is 0 Å². The second kappa shape index (κ2) is 9.98. The summed E-state index contributed by atoms with van der Waals surface area (Å²) in [5.41, 5.74) is 0. The van der Waals surface area contributed by atoms with E-state index < -0.39 is 0 Å². The largest absolute Gasteiger partial charge is 0.438 e. The van der Waals surface area contributed by atoms with Gasteiger partial charge in [-0.15, -0.1) is 0 Å². The molecular formula is C8H19BO2. The molecule has 0 spiro atoms. The molecule has 0 unspecified atom stereocenters. The van der Waals surface area contributed by atoms with Crippen molar-refractivity contribution in [2.24, 2.45) is 0 Å². The summed E-state index contributed by atoms with van der Waals surface area (Å²) in [6.45, 7) is 5.98. The third-order valence-corrected chi connectivity index (χ3v) is 1.45. The molecule has 0 aliphatic carbocycles. The Labute approximate surface area is 70.6 Å². The molecule has 0 saturated heterocycles. The van der Waals surface area contributed by atoms with Gasteiger partial charge in [0, 0.05) is 13.2 Å². The van der Waals surface area contributed by atoms with E-state index in [9.17, 15) is 0 Å². The van der Waals surface area contributed by atoms with E-state index in [1.54, 1.807) is 0 Å². The Hall–Kier alpha value is -0.0151. The van der Waals surface area contributed by atoms with Crippen molar-refractivity contribution in [2.45, 2.75) is 39.5 Å². The highest BCUT2D eigenvalue weighted by atomic mass is 16.6. The van der Waals surface area contributed by atoms with Gasteiger partial charge in [-0.3, -0.25) is 0 Å². The molecule has 0 aromatic rings. The third kappa shape index (κ3) is 9.98. The van der Waals surface area contributed by atoms with Gasteiger partial charge >= 0.3 is 7.69 Å². The molecule has 0 saturated carbocycles. The van der Waals surface area contributed by atoms with Crippen LogP contribution < -0.4 is 0 Å². The van der Waals surface area contributed by atoms with E-state index in [0.29, 0.717) is 7.69 Å². The molecule has 0 aromatic carbocycles. The maximum atomic E-state index is 5.20. The van der Waals surface area contributed by atoms with Crippen LogP contribution in [0.2, 0.25) is 0 Å².